The van der Waals surface area contributed by atoms with E-state index >= 15 is 0 Å². The van der Waals surface area contributed by atoms with E-state index in [0.717, 1.165) is 29.6 Å². The Morgan fingerprint density at radius 2 is 2.08 bits per heavy atom. The Morgan fingerprint density at radius 1 is 1.42 bits per heavy atom. The van der Waals surface area contributed by atoms with Gasteiger partial charge in [0.1, 0.15) is 6.10 Å². The molecule has 132 valence electrons. The Labute approximate surface area is 145 Å². The highest BCUT2D eigenvalue weighted by Crippen LogP contribution is 2.51. The summed E-state index contributed by atoms with van der Waals surface area (Å²) < 4.78 is 5.72. The van der Waals surface area contributed by atoms with Crippen molar-refractivity contribution in [3.63, 3.8) is 0 Å². The topological polar surface area (TPSA) is 43.4 Å². The average molecular weight is 330 g/mol. The number of carbonyl (C=O) groups is 2. The molecule has 0 unspecified atom stereocenters. The largest absolute Gasteiger partial charge is 0.455 e. The lowest BCUT2D eigenvalue weighted by Crippen LogP contribution is -2.39. The fraction of sp³-hybridized carbons (Fsp3) is 0.619. The Morgan fingerprint density at radius 3 is 2.62 bits per heavy atom. The van der Waals surface area contributed by atoms with Gasteiger partial charge in [-0.2, -0.15) is 0 Å². The second-order valence-corrected chi connectivity index (χ2v) is 7.49. The number of allylic oxidation sites excluding steroid dienone is 3. The third-order valence-corrected chi connectivity index (χ3v) is 5.70. The van der Waals surface area contributed by atoms with Gasteiger partial charge in [-0.1, -0.05) is 39.0 Å². The standard InChI is InChI=1S/C21H30O3/c1-7-13(5)9-20(23)24-19-11-16(12(3)4)21-15(8-2)18(22)10-17(21)14(19)6/h8-9,12,16-17,19,21H,6-7,10-11H2,1-5H3/b13-9+,15-8+/t16-,17-,19+,21-/m0/s1. The van der Waals surface area contributed by atoms with Crippen LogP contribution in [-0.4, -0.2) is 17.9 Å². The van der Waals surface area contributed by atoms with Crippen LogP contribution in [0.5, 0.6) is 0 Å². The average Bonchev–Trinajstić information content (AvgIpc) is 2.86. The van der Waals surface area contributed by atoms with Gasteiger partial charge in [-0.25, -0.2) is 4.79 Å². The van der Waals surface area contributed by atoms with Crippen molar-refractivity contribution in [1.82, 2.24) is 0 Å². The van der Waals surface area contributed by atoms with Crippen molar-refractivity contribution >= 4 is 11.8 Å². The molecule has 2 aliphatic carbocycles. The normalized spacial score (nSPS) is 32.4. The molecule has 0 aromatic rings. The predicted molar refractivity (Wildman–Crippen MR) is 96.4 cm³/mol. The molecule has 2 rings (SSSR count). The van der Waals surface area contributed by atoms with Crippen molar-refractivity contribution in [3.8, 4) is 0 Å². The van der Waals surface area contributed by atoms with Gasteiger partial charge in [0.25, 0.3) is 0 Å². The summed E-state index contributed by atoms with van der Waals surface area (Å²) in [4.78, 5) is 24.5. The van der Waals surface area contributed by atoms with Gasteiger partial charge in [0, 0.05) is 12.5 Å². The second-order valence-electron chi connectivity index (χ2n) is 7.49. The number of hydrogen-bond donors (Lipinski definition) is 0. The van der Waals surface area contributed by atoms with Crippen LogP contribution in [0.3, 0.4) is 0 Å². The molecule has 2 saturated carbocycles. The predicted octanol–water partition coefficient (Wildman–Crippen LogP) is 4.64. The van der Waals surface area contributed by atoms with Gasteiger partial charge in [-0.05, 0) is 61.5 Å². The van der Waals surface area contributed by atoms with Crippen LogP contribution in [0.1, 0.15) is 53.9 Å². The van der Waals surface area contributed by atoms with Gasteiger partial charge < -0.3 is 4.74 Å². The SMILES string of the molecule is C=C1[C@H](OC(=O)/C=C(\C)CC)C[C@@H](C(C)C)[C@@H]2/C(=C/C)C(=O)C[C@@H]12. The molecule has 0 aromatic carbocycles. The van der Waals surface area contributed by atoms with Crippen LogP contribution in [-0.2, 0) is 14.3 Å². The summed E-state index contributed by atoms with van der Waals surface area (Å²) in [5.41, 5.74) is 2.87. The minimum Gasteiger partial charge on any atom is -0.455 e. The van der Waals surface area contributed by atoms with Gasteiger partial charge in [0.2, 0.25) is 0 Å². The van der Waals surface area contributed by atoms with E-state index in [1.807, 2.05) is 26.8 Å². The summed E-state index contributed by atoms with van der Waals surface area (Å²) in [6, 6.07) is 0. The molecule has 2 fully saturated rings. The summed E-state index contributed by atoms with van der Waals surface area (Å²) in [6.07, 6.45) is 5.35. The number of ketones is 1. The van der Waals surface area contributed by atoms with Crippen LogP contribution in [0, 0.1) is 23.7 Å². The number of ether oxygens (including phenoxy) is 1. The highest BCUT2D eigenvalue weighted by Gasteiger charge is 2.50. The van der Waals surface area contributed by atoms with Crippen molar-refractivity contribution in [2.75, 3.05) is 0 Å². The molecule has 0 bridgehead atoms. The van der Waals surface area contributed by atoms with E-state index in [1.165, 1.54) is 0 Å². The van der Waals surface area contributed by atoms with Crippen molar-refractivity contribution in [1.29, 1.82) is 0 Å². The molecule has 3 nitrogen and oxygen atoms in total. The van der Waals surface area contributed by atoms with Gasteiger partial charge in [0.15, 0.2) is 5.78 Å². The first-order valence-corrected chi connectivity index (χ1v) is 9.05. The number of carbonyl (C=O) groups excluding carboxylic acids is 2. The first kappa shape index (κ1) is 18.7. The zero-order valence-corrected chi connectivity index (χ0v) is 15.6. The molecule has 0 aliphatic heterocycles. The van der Waals surface area contributed by atoms with Crippen LogP contribution in [0.4, 0.5) is 0 Å². The fourth-order valence-electron chi connectivity index (χ4n) is 4.16. The lowest BCUT2D eigenvalue weighted by atomic mass is 9.65. The lowest BCUT2D eigenvalue weighted by molar-refractivity contribution is -0.143. The van der Waals surface area contributed by atoms with Crippen molar-refractivity contribution in [2.24, 2.45) is 23.7 Å². The first-order chi connectivity index (χ1) is 11.3. The van der Waals surface area contributed by atoms with Crippen molar-refractivity contribution in [3.05, 3.63) is 35.5 Å². The molecule has 3 heteroatoms. The maximum Gasteiger partial charge on any atom is 0.331 e. The summed E-state index contributed by atoms with van der Waals surface area (Å²) in [6.45, 7) is 14.5. The highest BCUT2D eigenvalue weighted by molar-refractivity contribution is 5.99. The van der Waals surface area contributed by atoms with Gasteiger partial charge in [-0.3, -0.25) is 4.79 Å². The molecule has 4 atom stereocenters. The van der Waals surface area contributed by atoms with E-state index in [1.54, 1.807) is 6.08 Å². The van der Waals surface area contributed by atoms with Crippen LogP contribution in [0.25, 0.3) is 0 Å². The maximum atomic E-state index is 12.4. The minimum atomic E-state index is -0.294. The van der Waals surface area contributed by atoms with E-state index < -0.39 is 0 Å². The Kier molecular flexibility index (Phi) is 5.84. The van der Waals surface area contributed by atoms with E-state index in [2.05, 4.69) is 20.4 Å². The molecule has 0 amide bonds. The van der Waals surface area contributed by atoms with Crippen molar-refractivity contribution < 1.29 is 14.3 Å². The van der Waals surface area contributed by atoms with E-state index in [-0.39, 0.29) is 29.7 Å². The number of hydrogen-bond acceptors (Lipinski definition) is 3. The van der Waals surface area contributed by atoms with Crippen LogP contribution < -0.4 is 0 Å². The van der Waals surface area contributed by atoms with Gasteiger partial charge in [0.05, 0.1) is 0 Å². The Hall–Kier alpha value is -1.64. The zero-order chi connectivity index (χ0) is 18.0. The smallest absolute Gasteiger partial charge is 0.331 e. The number of esters is 1. The van der Waals surface area contributed by atoms with E-state index in [0.29, 0.717) is 18.3 Å². The summed E-state index contributed by atoms with van der Waals surface area (Å²) in [7, 11) is 0. The Bertz CT molecular complexity index is 594. The number of fused-ring (bicyclic) bond motifs is 1. The van der Waals surface area contributed by atoms with Crippen LogP contribution in [0.2, 0.25) is 0 Å². The molecule has 0 radical (unpaired) electrons. The molecular formula is C21H30O3. The second kappa shape index (κ2) is 7.50. The van der Waals surface area contributed by atoms with Crippen LogP contribution >= 0.6 is 0 Å². The maximum absolute atomic E-state index is 12.4. The van der Waals surface area contributed by atoms with E-state index in [9.17, 15) is 9.59 Å². The summed E-state index contributed by atoms with van der Waals surface area (Å²) in [5, 5.41) is 0. The monoisotopic (exact) mass is 330 g/mol. The van der Waals surface area contributed by atoms with Crippen molar-refractivity contribution in [2.45, 2.75) is 60.0 Å². The molecule has 0 N–H and O–H groups in total. The van der Waals surface area contributed by atoms with E-state index in [4.69, 9.17) is 4.74 Å². The minimum absolute atomic E-state index is 0.110. The fourth-order valence-corrected chi connectivity index (χ4v) is 4.16. The summed E-state index contributed by atoms with van der Waals surface area (Å²) in [5.74, 6) is 1.05. The zero-order valence-electron chi connectivity index (χ0n) is 15.6. The quantitative estimate of drug-likeness (QED) is 0.428. The Balaban J connectivity index is 2.24. The lowest BCUT2D eigenvalue weighted by Gasteiger charge is -2.41. The third-order valence-electron chi connectivity index (χ3n) is 5.70. The summed E-state index contributed by atoms with van der Waals surface area (Å²) >= 11 is 0. The number of Topliss-reactive ketones (excluding diaryl/α,β-unsaturated/α-hetero) is 1. The first-order valence-electron chi connectivity index (χ1n) is 9.05. The third kappa shape index (κ3) is 3.55. The molecule has 24 heavy (non-hydrogen) atoms. The number of rotatable bonds is 4. The molecule has 2 aliphatic rings. The van der Waals surface area contributed by atoms with Crippen LogP contribution in [0.15, 0.2) is 35.5 Å². The molecule has 0 spiro atoms. The molecular weight excluding hydrogens is 300 g/mol. The highest BCUT2D eigenvalue weighted by atomic mass is 16.5. The molecule has 0 saturated heterocycles. The molecule has 0 heterocycles. The van der Waals surface area contributed by atoms with Gasteiger partial charge >= 0.3 is 5.97 Å². The van der Waals surface area contributed by atoms with Gasteiger partial charge in [-0.15, -0.1) is 0 Å². The molecule has 0 aromatic heterocycles.